The van der Waals surface area contributed by atoms with E-state index in [1.807, 2.05) is 17.8 Å². The third kappa shape index (κ3) is 4.08. The molecule has 0 amide bonds. The van der Waals surface area contributed by atoms with Gasteiger partial charge in [0.05, 0.1) is 36.1 Å². The van der Waals surface area contributed by atoms with Crippen LogP contribution in [0.5, 0.6) is 0 Å². The smallest absolute Gasteiger partial charge is 0.0841 e. The number of rotatable bonds is 5. The number of hydrogen-bond donors (Lipinski definition) is 0. The molecule has 0 bridgehead atoms. The van der Waals surface area contributed by atoms with Crippen LogP contribution in [-0.4, -0.2) is 46.3 Å². The van der Waals surface area contributed by atoms with Crippen molar-refractivity contribution in [1.29, 1.82) is 0 Å². The van der Waals surface area contributed by atoms with Crippen LogP contribution in [0.3, 0.4) is 0 Å². The van der Waals surface area contributed by atoms with Gasteiger partial charge in [0.2, 0.25) is 0 Å². The lowest BCUT2D eigenvalue weighted by Gasteiger charge is -2.39. The van der Waals surface area contributed by atoms with Crippen molar-refractivity contribution in [2.45, 2.75) is 51.0 Å². The summed E-state index contributed by atoms with van der Waals surface area (Å²) in [5, 5.41) is 0. The Morgan fingerprint density at radius 1 is 1.48 bits per heavy atom. The van der Waals surface area contributed by atoms with Gasteiger partial charge in [0.15, 0.2) is 0 Å². The van der Waals surface area contributed by atoms with Crippen LogP contribution in [0.2, 0.25) is 0 Å². The van der Waals surface area contributed by atoms with Crippen molar-refractivity contribution in [3.8, 4) is 0 Å². The quantitative estimate of drug-likeness (QED) is 0.820. The first-order valence-corrected chi connectivity index (χ1v) is 9.86. The van der Waals surface area contributed by atoms with Crippen LogP contribution >= 0.6 is 11.3 Å². The first kappa shape index (κ1) is 17.1. The fourth-order valence-corrected chi connectivity index (χ4v) is 4.72. The second-order valence-electron chi connectivity index (χ2n) is 7.17. The Hall–Kier alpha value is -1.34. The number of pyridine rings is 1. The number of aryl methyl sites for hydroxylation is 1. The van der Waals surface area contributed by atoms with Crippen LogP contribution in [0.1, 0.15) is 35.4 Å². The van der Waals surface area contributed by atoms with E-state index in [2.05, 4.69) is 27.9 Å². The monoisotopic (exact) mass is 359 g/mol. The number of nitrogens with zero attached hydrogens (tertiary/aromatic N) is 3. The number of aromatic nitrogens is 2. The van der Waals surface area contributed by atoms with E-state index in [9.17, 15) is 0 Å². The molecule has 2 saturated heterocycles. The Balaban J connectivity index is 1.32. The second-order valence-corrected chi connectivity index (χ2v) is 8.11. The summed E-state index contributed by atoms with van der Waals surface area (Å²) in [6.07, 6.45) is 7.16. The zero-order chi connectivity index (χ0) is 17.1. The van der Waals surface area contributed by atoms with Gasteiger partial charge in [-0.05, 0) is 37.9 Å². The number of piperidine rings is 1. The molecular formula is C19H25N3O2S. The molecule has 6 heteroatoms. The van der Waals surface area contributed by atoms with Crippen molar-refractivity contribution in [2.24, 2.45) is 0 Å². The minimum atomic E-state index is -0.0313. The lowest BCUT2D eigenvalue weighted by molar-refractivity contribution is -0.0546. The summed E-state index contributed by atoms with van der Waals surface area (Å²) in [5.74, 6) is 0. The summed E-state index contributed by atoms with van der Waals surface area (Å²) in [6, 6.07) is 4.00. The predicted molar refractivity (Wildman–Crippen MR) is 97.5 cm³/mol. The van der Waals surface area contributed by atoms with Crippen molar-refractivity contribution in [2.75, 3.05) is 19.7 Å². The van der Waals surface area contributed by atoms with Crippen molar-refractivity contribution >= 4 is 11.3 Å². The average molecular weight is 359 g/mol. The fraction of sp³-hybridized carbons (Fsp3) is 0.579. The summed E-state index contributed by atoms with van der Waals surface area (Å²) < 4.78 is 12.4. The van der Waals surface area contributed by atoms with Gasteiger partial charge in [0.25, 0.3) is 0 Å². The molecule has 0 aliphatic carbocycles. The lowest BCUT2D eigenvalue weighted by atomic mass is 9.89. The van der Waals surface area contributed by atoms with Crippen molar-refractivity contribution < 1.29 is 9.47 Å². The van der Waals surface area contributed by atoms with Crippen molar-refractivity contribution in [3.63, 3.8) is 0 Å². The van der Waals surface area contributed by atoms with Crippen LogP contribution in [0.25, 0.3) is 0 Å². The molecule has 2 aromatic heterocycles. The van der Waals surface area contributed by atoms with Crippen LogP contribution in [-0.2, 0) is 22.6 Å². The van der Waals surface area contributed by atoms with Crippen molar-refractivity contribution in [3.05, 3.63) is 46.2 Å². The van der Waals surface area contributed by atoms with Gasteiger partial charge in [-0.1, -0.05) is 6.07 Å². The van der Waals surface area contributed by atoms with E-state index >= 15 is 0 Å². The third-order valence-electron chi connectivity index (χ3n) is 5.21. The van der Waals surface area contributed by atoms with E-state index in [1.165, 1.54) is 11.3 Å². The molecule has 1 spiro atoms. The SMILES string of the molecule is Cc1ncsc1CN1CCC[C@]2(C[C@H](OCc3cccnc3)CO2)C1. The molecule has 2 fully saturated rings. The topological polar surface area (TPSA) is 47.5 Å². The number of ether oxygens (including phenoxy) is 2. The van der Waals surface area contributed by atoms with Crippen LogP contribution < -0.4 is 0 Å². The molecule has 2 aliphatic rings. The largest absolute Gasteiger partial charge is 0.371 e. The van der Waals surface area contributed by atoms with Gasteiger partial charge in [-0.2, -0.15) is 0 Å². The Morgan fingerprint density at radius 2 is 2.44 bits per heavy atom. The van der Waals surface area contributed by atoms with E-state index in [0.717, 1.165) is 43.7 Å². The minimum absolute atomic E-state index is 0.0313. The van der Waals surface area contributed by atoms with E-state index in [0.29, 0.717) is 13.2 Å². The maximum Gasteiger partial charge on any atom is 0.0841 e. The Bertz CT molecular complexity index is 693. The highest BCUT2D eigenvalue weighted by Gasteiger charge is 2.43. The first-order chi connectivity index (χ1) is 12.2. The average Bonchev–Trinajstić information content (AvgIpc) is 3.21. The summed E-state index contributed by atoms with van der Waals surface area (Å²) in [4.78, 5) is 12.4. The lowest BCUT2D eigenvalue weighted by Crippen LogP contribution is -2.47. The van der Waals surface area contributed by atoms with Crippen LogP contribution in [0.15, 0.2) is 30.0 Å². The summed E-state index contributed by atoms with van der Waals surface area (Å²) in [6.45, 7) is 6.54. The molecule has 2 atom stereocenters. The van der Waals surface area contributed by atoms with Gasteiger partial charge >= 0.3 is 0 Å². The van der Waals surface area contributed by atoms with E-state index in [-0.39, 0.29) is 11.7 Å². The molecule has 4 rings (SSSR count). The molecule has 0 saturated carbocycles. The number of thiazole rings is 1. The molecule has 0 unspecified atom stereocenters. The summed E-state index contributed by atoms with van der Waals surface area (Å²) in [7, 11) is 0. The fourth-order valence-electron chi connectivity index (χ4n) is 3.90. The predicted octanol–water partition coefficient (Wildman–Crippen LogP) is 3.19. The second kappa shape index (κ2) is 7.50. The zero-order valence-corrected chi connectivity index (χ0v) is 15.5. The van der Waals surface area contributed by atoms with Crippen molar-refractivity contribution in [1.82, 2.24) is 14.9 Å². The highest BCUT2D eigenvalue weighted by molar-refractivity contribution is 7.09. The summed E-state index contributed by atoms with van der Waals surface area (Å²) >= 11 is 1.76. The zero-order valence-electron chi connectivity index (χ0n) is 14.7. The molecule has 25 heavy (non-hydrogen) atoms. The van der Waals surface area contributed by atoms with Crippen LogP contribution in [0.4, 0.5) is 0 Å². The van der Waals surface area contributed by atoms with Gasteiger partial charge in [0, 0.05) is 36.8 Å². The van der Waals surface area contributed by atoms with Gasteiger partial charge in [-0.15, -0.1) is 11.3 Å². The molecule has 4 heterocycles. The van der Waals surface area contributed by atoms with E-state index < -0.39 is 0 Å². The number of likely N-dealkylation sites (tertiary alicyclic amines) is 1. The van der Waals surface area contributed by atoms with E-state index in [1.54, 1.807) is 17.5 Å². The number of hydrogen-bond acceptors (Lipinski definition) is 6. The van der Waals surface area contributed by atoms with Gasteiger partial charge in [-0.3, -0.25) is 9.88 Å². The van der Waals surface area contributed by atoms with Gasteiger partial charge < -0.3 is 9.47 Å². The molecule has 5 nitrogen and oxygen atoms in total. The maximum atomic E-state index is 6.27. The Kier molecular flexibility index (Phi) is 5.12. The highest BCUT2D eigenvalue weighted by atomic mass is 32.1. The Morgan fingerprint density at radius 3 is 3.24 bits per heavy atom. The van der Waals surface area contributed by atoms with Gasteiger partial charge in [-0.25, -0.2) is 4.98 Å². The highest BCUT2D eigenvalue weighted by Crippen LogP contribution is 2.36. The molecule has 0 radical (unpaired) electrons. The maximum absolute atomic E-state index is 6.27. The molecule has 0 N–H and O–H groups in total. The molecule has 134 valence electrons. The normalized spacial score (nSPS) is 27.2. The van der Waals surface area contributed by atoms with Gasteiger partial charge in [0.1, 0.15) is 0 Å². The van der Waals surface area contributed by atoms with E-state index in [4.69, 9.17) is 9.47 Å². The minimum Gasteiger partial charge on any atom is -0.371 e. The third-order valence-corrected chi connectivity index (χ3v) is 6.13. The van der Waals surface area contributed by atoms with Crippen LogP contribution in [0, 0.1) is 6.92 Å². The molecular weight excluding hydrogens is 334 g/mol. The first-order valence-electron chi connectivity index (χ1n) is 8.98. The molecule has 2 aliphatic heterocycles. The summed E-state index contributed by atoms with van der Waals surface area (Å²) in [5.41, 5.74) is 4.19. The molecule has 2 aromatic rings. The standard InChI is InChI=1S/C19H25N3O2S/c1-15-18(25-14-21-15)10-22-7-3-5-19(13-22)8-17(12-24-19)23-11-16-4-2-6-20-9-16/h2,4,6,9,14,17H,3,5,7-8,10-13H2,1H3/t17-,19-/m0/s1. The molecule has 0 aromatic carbocycles. The Labute approximate surface area is 153 Å².